The zero-order chi connectivity index (χ0) is 13.3. The van der Waals surface area contributed by atoms with Gasteiger partial charge in [-0.25, -0.2) is 4.79 Å². The highest BCUT2D eigenvalue weighted by Gasteiger charge is 2.24. The van der Waals surface area contributed by atoms with Crippen molar-refractivity contribution in [1.29, 1.82) is 0 Å². The minimum atomic E-state index is -0.516. The lowest BCUT2D eigenvalue weighted by Crippen LogP contribution is -2.24. The van der Waals surface area contributed by atoms with Gasteiger partial charge in [-0.05, 0) is 43.2 Å². The first-order chi connectivity index (χ1) is 8.38. The van der Waals surface area contributed by atoms with Crippen LogP contribution in [-0.4, -0.2) is 11.6 Å². The van der Waals surface area contributed by atoms with Crippen molar-refractivity contribution < 1.29 is 9.53 Å². The molecule has 3 nitrogen and oxygen atoms in total. The lowest BCUT2D eigenvalue weighted by atomic mass is 10.1. The van der Waals surface area contributed by atoms with Gasteiger partial charge < -0.3 is 10.5 Å². The fraction of sp³-hybridized carbons (Fsp3) is 0.308. The van der Waals surface area contributed by atoms with Gasteiger partial charge in [0.15, 0.2) is 0 Å². The third-order valence-corrected chi connectivity index (χ3v) is 3.75. The van der Waals surface area contributed by atoms with E-state index < -0.39 is 5.60 Å². The summed E-state index contributed by atoms with van der Waals surface area (Å²) in [4.78, 5) is 12.2. The average Bonchev–Trinajstić information content (AvgIpc) is 2.82. The van der Waals surface area contributed by atoms with E-state index >= 15 is 0 Å². The van der Waals surface area contributed by atoms with Gasteiger partial charge in [0.25, 0.3) is 0 Å². The van der Waals surface area contributed by atoms with E-state index in [0.29, 0.717) is 10.6 Å². The van der Waals surface area contributed by atoms with Gasteiger partial charge in [0.1, 0.15) is 16.2 Å². The van der Waals surface area contributed by atoms with Crippen molar-refractivity contribution in [2.45, 2.75) is 26.4 Å². The molecular weight excluding hydrogens is 266 g/mol. The van der Waals surface area contributed by atoms with Crippen LogP contribution in [0, 0.1) is 0 Å². The van der Waals surface area contributed by atoms with Gasteiger partial charge in [0.05, 0.1) is 0 Å². The van der Waals surface area contributed by atoms with E-state index in [1.807, 2.05) is 43.0 Å². The van der Waals surface area contributed by atoms with E-state index in [9.17, 15) is 4.79 Å². The van der Waals surface area contributed by atoms with Crippen molar-refractivity contribution in [2.24, 2.45) is 0 Å². The number of nitrogens with two attached hydrogens (primary N) is 1. The fourth-order valence-electron chi connectivity index (χ4n) is 1.54. The Kier molecular flexibility index (Phi) is 3.45. The Balaban J connectivity index is 2.39. The van der Waals surface area contributed by atoms with Crippen molar-refractivity contribution >= 4 is 33.6 Å². The summed E-state index contributed by atoms with van der Waals surface area (Å²) in [5.41, 5.74) is 7.71. The largest absolute Gasteiger partial charge is 0.456 e. The molecule has 0 aliphatic rings. The number of hydrogen-bond acceptors (Lipinski definition) is 5. The molecule has 0 amide bonds. The molecule has 2 heterocycles. The third kappa shape index (κ3) is 2.73. The molecule has 0 atom stereocenters. The molecule has 0 spiro atoms. The topological polar surface area (TPSA) is 52.3 Å². The minimum Gasteiger partial charge on any atom is -0.456 e. The van der Waals surface area contributed by atoms with Crippen molar-refractivity contribution in [1.82, 2.24) is 0 Å². The Hall–Kier alpha value is -1.33. The quantitative estimate of drug-likeness (QED) is 0.846. The highest BCUT2D eigenvalue weighted by molar-refractivity contribution is 7.15. The number of carbonyl (C=O) groups is 1. The SMILES string of the molecule is CC(C)(C)OC(=O)c1c(-c2ccsc2)csc1N. The number of ether oxygens (including phenoxy) is 1. The number of rotatable bonds is 2. The molecule has 0 aliphatic carbocycles. The molecule has 0 bridgehead atoms. The zero-order valence-electron chi connectivity index (χ0n) is 10.5. The summed E-state index contributed by atoms with van der Waals surface area (Å²) < 4.78 is 5.39. The molecule has 0 fully saturated rings. The van der Waals surface area contributed by atoms with E-state index in [-0.39, 0.29) is 5.97 Å². The van der Waals surface area contributed by atoms with Gasteiger partial charge in [-0.2, -0.15) is 11.3 Å². The van der Waals surface area contributed by atoms with Gasteiger partial charge in [0.2, 0.25) is 0 Å². The highest BCUT2D eigenvalue weighted by Crippen LogP contribution is 2.35. The fourth-order valence-corrected chi connectivity index (χ4v) is 3.01. The highest BCUT2D eigenvalue weighted by atomic mass is 32.1. The van der Waals surface area contributed by atoms with Crippen LogP contribution < -0.4 is 5.73 Å². The number of esters is 1. The lowest BCUT2D eigenvalue weighted by Gasteiger charge is -2.19. The van der Waals surface area contributed by atoms with Gasteiger partial charge in [-0.1, -0.05) is 0 Å². The summed E-state index contributed by atoms with van der Waals surface area (Å²) in [6, 6.07) is 1.97. The third-order valence-electron chi connectivity index (χ3n) is 2.25. The monoisotopic (exact) mass is 281 g/mol. The van der Waals surface area contributed by atoms with E-state index in [1.54, 1.807) is 11.3 Å². The van der Waals surface area contributed by atoms with E-state index in [1.165, 1.54) is 11.3 Å². The molecule has 0 aliphatic heterocycles. The summed E-state index contributed by atoms with van der Waals surface area (Å²) in [5, 5.41) is 6.37. The first kappa shape index (κ1) is 13.1. The minimum absolute atomic E-state index is 0.359. The Morgan fingerprint density at radius 2 is 2.06 bits per heavy atom. The van der Waals surface area contributed by atoms with Gasteiger partial charge in [-0.3, -0.25) is 0 Å². The second-order valence-corrected chi connectivity index (χ2v) is 6.59. The normalized spacial score (nSPS) is 11.5. The second kappa shape index (κ2) is 4.74. The standard InChI is InChI=1S/C13H15NO2S2/c1-13(2,3)16-12(15)10-9(7-18-11(10)14)8-4-5-17-6-8/h4-7H,14H2,1-3H3. The summed E-state index contributed by atoms with van der Waals surface area (Å²) in [6.45, 7) is 5.53. The van der Waals surface area contributed by atoms with Crippen LogP contribution in [0.3, 0.4) is 0 Å². The Bertz CT molecular complexity index is 550. The van der Waals surface area contributed by atoms with Gasteiger partial charge >= 0.3 is 5.97 Å². The van der Waals surface area contributed by atoms with Crippen LogP contribution in [0.1, 0.15) is 31.1 Å². The summed E-state index contributed by atoms with van der Waals surface area (Å²) >= 11 is 2.95. The predicted molar refractivity (Wildman–Crippen MR) is 77.2 cm³/mol. The predicted octanol–water partition coefficient (Wildman–Crippen LogP) is 4.01. The molecule has 0 saturated carbocycles. The van der Waals surface area contributed by atoms with E-state index in [2.05, 4.69) is 0 Å². The van der Waals surface area contributed by atoms with Crippen LogP contribution in [0.25, 0.3) is 11.1 Å². The molecule has 2 N–H and O–H groups in total. The summed E-state index contributed by atoms with van der Waals surface area (Å²) in [5.74, 6) is -0.359. The summed E-state index contributed by atoms with van der Waals surface area (Å²) in [6.07, 6.45) is 0. The van der Waals surface area contributed by atoms with E-state index in [4.69, 9.17) is 10.5 Å². The lowest BCUT2D eigenvalue weighted by molar-refractivity contribution is 0.00722. The molecule has 5 heteroatoms. The number of hydrogen-bond donors (Lipinski definition) is 1. The molecule has 0 radical (unpaired) electrons. The Morgan fingerprint density at radius 3 is 2.61 bits per heavy atom. The van der Waals surface area contributed by atoms with Crippen molar-refractivity contribution in [3.8, 4) is 11.1 Å². The Labute approximate surface area is 114 Å². The molecule has 96 valence electrons. The van der Waals surface area contributed by atoms with Crippen LogP contribution in [0.5, 0.6) is 0 Å². The van der Waals surface area contributed by atoms with Crippen LogP contribution in [-0.2, 0) is 4.74 Å². The number of carbonyl (C=O) groups excluding carboxylic acids is 1. The van der Waals surface area contributed by atoms with Crippen molar-refractivity contribution in [3.63, 3.8) is 0 Å². The van der Waals surface area contributed by atoms with Crippen LogP contribution >= 0.6 is 22.7 Å². The maximum atomic E-state index is 12.2. The van der Waals surface area contributed by atoms with Crippen LogP contribution in [0.2, 0.25) is 0 Å². The smallest absolute Gasteiger partial charge is 0.342 e. The maximum absolute atomic E-state index is 12.2. The average molecular weight is 281 g/mol. The van der Waals surface area contributed by atoms with Gasteiger partial charge in [-0.15, -0.1) is 11.3 Å². The first-order valence-electron chi connectivity index (χ1n) is 5.51. The van der Waals surface area contributed by atoms with Gasteiger partial charge in [0, 0.05) is 10.9 Å². The molecule has 2 aromatic heterocycles. The van der Waals surface area contributed by atoms with Crippen LogP contribution in [0.15, 0.2) is 22.2 Å². The maximum Gasteiger partial charge on any atom is 0.342 e. The van der Waals surface area contributed by atoms with Crippen molar-refractivity contribution in [3.05, 3.63) is 27.8 Å². The van der Waals surface area contributed by atoms with Crippen LogP contribution in [0.4, 0.5) is 5.00 Å². The van der Waals surface area contributed by atoms with E-state index in [0.717, 1.165) is 11.1 Å². The molecule has 2 rings (SSSR count). The molecule has 0 saturated heterocycles. The number of nitrogen functional groups attached to an aromatic ring is 1. The molecule has 18 heavy (non-hydrogen) atoms. The second-order valence-electron chi connectivity index (χ2n) is 4.90. The molecular formula is C13H15NO2S2. The first-order valence-corrected chi connectivity index (χ1v) is 7.33. The zero-order valence-corrected chi connectivity index (χ0v) is 12.2. The Morgan fingerprint density at radius 1 is 1.33 bits per heavy atom. The molecule has 0 aromatic carbocycles. The van der Waals surface area contributed by atoms with Crippen molar-refractivity contribution in [2.75, 3.05) is 5.73 Å². The number of anilines is 1. The summed E-state index contributed by atoms with van der Waals surface area (Å²) in [7, 11) is 0. The molecule has 2 aromatic rings. The molecule has 0 unspecified atom stereocenters. The number of thiophene rings is 2.